The molecule has 0 aromatic heterocycles. The van der Waals surface area contributed by atoms with Crippen molar-refractivity contribution in [3.05, 3.63) is 0 Å². The van der Waals surface area contributed by atoms with Gasteiger partial charge in [0.05, 0.1) is 13.0 Å². The first kappa shape index (κ1) is 12.5. The van der Waals surface area contributed by atoms with Gasteiger partial charge >= 0.3 is 5.97 Å². The Balaban J connectivity index is 1.83. The van der Waals surface area contributed by atoms with Gasteiger partial charge in [-0.2, -0.15) is 0 Å². The van der Waals surface area contributed by atoms with Crippen LogP contribution in [0.25, 0.3) is 0 Å². The molecule has 0 saturated heterocycles. The molecule has 0 amide bonds. The molecule has 7 atom stereocenters. The summed E-state index contributed by atoms with van der Waals surface area (Å²) in [5.74, 6) is 5.35. The van der Waals surface area contributed by atoms with Gasteiger partial charge in [-0.15, -0.1) is 0 Å². The van der Waals surface area contributed by atoms with E-state index in [1.807, 2.05) is 0 Å². The normalized spacial score (nSPS) is 49.4. The van der Waals surface area contributed by atoms with E-state index in [9.17, 15) is 4.79 Å². The smallest absolute Gasteiger partial charge is 0.308 e. The molecule has 0 N–H and O–H groups in total. The van der Waals surface area contributed by atoms with Crippen LogP contribution in [0.2, 0.25) is 0 Å². The lowest BCUT2D eigenvalue weighted by atomic mass is 9.70. The second kappa shape index (κ2) is 4.54. The van der Waals surface area contributed by atoms with Crippen molar-refractivity contribution in [2.24, 2.45) is 41.4 Å². The monoisotopic (exact) mass is 250 g/mol. The molecule has 3 aliphatic rings. The maximum atomic E-state index is 11.9. The van der Waals surface area contributed by atoms with Crippen LogP contribution in [0.5, 0.6) is 0 Å². The summed E-state index contributed by atoms with van der Waals surface area (Å²) >= 11 is 0. The zero-order chi connectivity index (χ0) is 12.9. The highest BCUT2D eigenvalue weighted by Gasteiger charge is 2.61. The highest BCUT2D eigenvalue weighted by atomic mass is 16.5. The van der Waals surface area contributed by atoms with Crippen molar-refractivity contribution in [3.8, 4) is 0 Å². The van der Waals surface area contributed by atoms with E-state index in [0.29, 0.717) is 5.92 Å². The van der Waals surface area contributed by atoms with Crippen molar-refractivity contribution in [1.82, 2.24) is 0 Å². The van der Waals surface area contributed by atoms with Crippen LogP contribution in [0.3, 0.4) is 0 Å². The summed E-state index contributed by atoms with van der Waals surface area (Å²) in [7, 11) is 1.55. The lowest BCUT2D eigenvalue weighted by Crippen LogP contribution is -2.34. The number of carbonyl (C=O) groups excluding carboxylic acids is 1. The zero-order valence-corrected chi connectivity index (χ0v) is 11.9. The summed E-state index contributed by atoms with van der Waals surface area (Å²) < 4.78 is 5.02. The molecule has 3 aliphatic carbocycles. The summed E-state index contributed by atoms with van der Waals surface area (Å²) in [5, 5.41) is 0. The van der Waals surface area contributed by atoms with E-state index in [-0.39, 0.29) is 11.9 Å². The predicted octanol–water partition coefficient (Wildman–Crippen LogP) is 3.50. The Morgan fingerprint density at radius 2 is 1.72 bits per heavy atom. The Hall–Kier alpha value is -0.530. The van der Waals surface area contributed by atoms with E-state index in [1.54, 1.807) is 7.11 Å². The molecule has 102 valence electrons. The maximum Gasteiger partial charge on any atom is 0.308 e. The van der Waals surface area contributed by atoms with Crippen molar-refractivity contribution in [1.29, 1.82) is 0 Å². The summed E-state index contributed by atoms with van der Waals surface area (Å²) in [6, 6.07) is 0. The molecule has 0 spiro atoms. The van der Waals surface area contributed by atoms with Gasteiger partial charge in [0.1, 0.15) is 0 Å². The molecule has 0 heterocycles. The Morgan fingerprint density at radius 3 is 2.33 bits per heavy atom. The molecule has 18 heavy (non-hydrogen) atoms. The van der Waals surface area contributed by atoms with Crippen molar-refractivity contribution < 1.29 is 9.53 Å². The molecule has 0 aromatic rings. The van der Waals surface area contributed by atoms with Crippen LogP contribution in [0.1, 0.15) is 46.0 Å². The highest BCUT2D eigenvalue weighted by molar-refractivity contribution is 5.73. The van der Waals surface area contributed by atoms with Crippen molar-refractivity contribution in [2.45, 2.75) is 46.0 Å². The Bertz CT molecular complexity index is 338. The van der Waals surface area contributed by atoms with Gasteiger partial charge in [0, 0.05) is 0 Å². The second-order valence-electron chi connectivity index (χ2n) is 6.75. The minimum absolute atomic E-state index is 0.0655. The molecule has 2 nitrogen and oxygen atoms in total. The SMILES string of the molecule is CCC1CC(CC)C2C3CC(CC3C(=O)OC)C12. The number of esters is 1. The quantitative estimate of drug-likeness (QED) is 0.717. The first-order valence-electron chi connectivity index (χ1n) is 7.79. The third-order valence-corrected chi connectivity index (χ3v) is 6.38. The van der Waals surface area contributed by atoms with Crippen LogP contribution in [-0.2, 0) is 9.53 Å². The third-order valence-electron chi connectivity index (χ3n) is 6.38. The Kier molecular flexibility index (Phi) is 3.15. The van der Waals surface area contributed by atoms with Crippen molar-refractivity contribution in [2.75, 3.05) is 7.11 Å². The number of hydrogen-bond acceptors (Lipinski definition) is 2. The van der Waals surface area contributed by atoms with E-state index in [4.69, 9.17) is 4.74 Å². The molecule has 0 radical (unpaired) electrons. The van der Waals surface area contributed by atoms with Crippen LogP contribution in [0.4, 0.5) is 0 Å². The maximum absolute atomic E-state index is 11.9. The first-order chi connectivity index (χ1) is 8.71. The van der Waals surface area contributed by atoms with Gasteiger partial charge in [0.2, 0.25) is 0 Å². The van der Waals surface area contributed by atoms with E-state index in [2.05, 4.69) is 13.8 Å². The molecule has 3 fully saturated rings. The topological polar surface area (TPSA) is 26.3 Å². The number of hydrogen-bond donors (Lipinski definition) is 0. The molecule has 0 aliphatic heterocycles. The predicted molar refractivity (Wildman–Crippen MR) is 70.9 cm³/mol. The highest BCUT2D eigenvalue weighted by Crippen LogP contribution is 2.65. The minimum Gasteiger partial charge on any atom is -0.469 e. The minimum atomic E-state index is 0.0655. The number of rotatable bonds is 3. The molecule has 0 aromatic carbocycles. The Labute approximate surface area is 110 Å². The number of fused-ring (bicyclic) bond motifs is 5. The van der Waals surface area contributed by atoms with Gasteiger partial charge in [0.25, 0.3) is 0 Å². The van der Waals surface area contributed by atoms with Crippen molar-refractivity contribution >= 4 is 5.97 Å². The fourth-order valence-corrected chi connectivity index (χ4v) is 5.82. The second-order valence-corrected chi connectivity index (χ2v) is 6.75. The van der Waals surface area contributed by atoms with E-state index in [1.165, 1.54) is 25.7 Å². The lowest BCUT2D eigenvalue weighted by molar-refractivity contribution is -0.148. The third kappa shape index (κ3) is 1.57. The molecular weight excluding hydrogens is 224 g/mol. The van der Waals surface area contributed by atoms with E-state index >= 15 is 0 Å². The summed E-state index contributed by atoms with van der Waals surface area (Å²) in [6.07, 6.45) is 6.48. The Morgan fingerprint density at radius 1 is 1.06 bits per heavy atom. The van der Waals surface area contributed by atoms with E-state index in [0.717, 1.165) is 36.0 Å². The average Bonchev–Trinajstić information content (AvgIpc) is 3.06. The van der Waals surface area contributed by atoms with Gasteiger partial charge in [0.15, 0.2) is 0 Å². The van der Waals surface area contributed by atoms with Crippen LogP contribution in [0, 0.1) is 41.4 Å². The van der Waals surface area contributed by atoms with Crippen LogP contribution >= 0.6 is 0 Å². The standard InChI is InChI=1S/C16H26O2/c1-4-9-6-10(5-2)15-12-7-11(14(9)15)8-13(12)16(17)18-3/h9-15H,4-8H2,1-3H3. The number of carbonyl (C=O) groups is 1. The molecule has 3 rings (SSSR count). The van der Waals surface area contributed by atoms with Gasteiger partial charge in [-0.05, 0) is 54.8 Å². The number of ether oxygens (including phenoxy) is 1. The first-order valence-corrected chi connectivity index (χ1v) is 7.79. The van der Waals surface area contributed by atoms with Crippen molar-refractivity contribution in [3.63, 3.8) is 0 Å². The summed E-state index contributed by atoms with van der Waals surface area (Å²) in [5.41, 5.74) is 0. The zero-order valence-electron chi connectivity index (χ0n) is 11.9. The lowest BCUT2D eigenvalue weighted by Gasteiger charge is -2.34. The molecule has 3 saturated carbocycles. The van der Waals surface area contributed by atoms with Crippen LogP contribution < -0.4 is 0 Å². The average molecular weight is 250 g/mol. The van der Waals surface area contributed by atoms with Gasteiger partial charge in [-0.1, -0.05) is 26.7 Å². The number of methoxy groups -OCH3 is 1. The summed E-state index contributed by atoms with van der Waals surface area (Å²) in [4.78, 5) is 11.9. The van der Waals surface area contributed by atoms with Gasteiger partial charge in [-0.3, -0.25) is 4.79 Å². The summed E-state index contributed by atoms with van der Waals surface area (Å²) in [6.45, 7) is 4.68. The molecule has 7 unspecified atom stereocenters. The molecule has 2 heteroatoms. The van der Waals surface area contributed by atoms with Gasteiger partial charge < -0.3 is 4.74 Å². The molecular formula is C16H26O2. The molecule has 2 bridgehead atoms. The van der Waals surface area contributed by atoms with E-state index < -0.39 is 0 Å². The fraction of sp³-hybridized carbons (Fsp3) is 0.938. The largest absolute Gasteiger partial charge is 0.469 e. The fourth-order valence-electron chi connectivity index (χ4n) is 5.82. The van der Waals surface area contributed by atoms with Crippen LogP contribution in [0.15, 0.2) is 0 Å². The van der Waals surface area contributed by atoms with Crippen LogP contribution in [-0.4, -0.2) is 13.1 Å². The van der Waals surface area contributed by atoms with Gasteiger partial charge in [-0.25, -0.2) is 0 Å².